The number of anilines is 1. The van der Waals surface area contributed by atoms with Crippen molar-refractivity contribution in [2.45, 2.75) is 0 Å². The predicted octanol–water partition coefficient (Wildman–Crippen LogP) is 2.45. The standard InChI is InChI=1S/C11H8ClN3O2S/c12-9-4-3-7(6-13-9)14-11(18)15-10(16)8-2-1-5-17-8/h1-6H,(H2,14,15,16,18). The van der Waals surface area contributed by atoms with Gasteiger partial charge in [-0.25, -0.2) is 4.98 Å². The van der Waals surface area contributed by atoms with Crippen LogP contribution >= 0.6 is 23.8 Å². The molecule has 2 rings (SSSR count). The van der Waals surface area contributed by atoms with E-state index in [1.807, 2.05) is 0 Å². The van der Waals surface area contributed by atoms with E-state index >= 15 is 0 Å². The van der Waals surface area contributed by atoms with Crippen LogP contribution in [-0.4, -0.2) is 16.0 Å². The average Bonchev–Trinajstić information content (AvgIpc) is 2.85. The van der Waals surface area contributed by atoms with E-state index in [4.69, 9.17) is 28.2 Å². The lowest BCUT2D eigenvalue weighted by Crippen LogP contribution is -2.33. The van der Waals surface area contributed by atoms with Gasteiger partial charge in [0, 0.05) is 0 Å². The molecule has 2 heterocycles. The Hall–Kier alpha value is -1.92. The molecule has 5 nitrogen and oxygen atoms in total. The van der Waals surface area contributed by atoms with Crippen molar-refractivity contribution in [3.05, 3.63) is 47.6 Å². The topological polar surface area (TPSA) is 67.2 Å². The summed E-state index contributed by atoms with van der Waals surface area (Å²) in [6, 6.07) is 6.47. The summed E-state index contributed by atoms with van der Waals surface area (Å²) in [7, 11) is 0. The number of carbonyl (C=O) groups excluding carboxylic acids is 1. The van der Waals surface area contributed by atoms with Crippen LogP contribution in [0.2, 0.25) is 5.15 Å². The summed E-state index contributed by atoms with van der Waals surface area (Å²) in [6.07, 6.45) is 2.92. The lowest BCUT2D eigenvalue weighted by molar-refractivity contribution is 0.0950. The lowest BCUT2D eigenvalue weighted by Gasteiger charge is -2.07. The molecule has 0 unspecified atom stereocenters. The van der Waals surface area contributed by atoms with Crippen molar-refractivity contribution in [2.75, 3.05) is 5.32 Å². The highest BCUT2D eigenvalue weighted by Crippen LogP contribution is 2.09. The molecule has 0 fully saturated rings. The SMILES string of the molecule is O=C(NC(=S)Nc1ccc(Cl)nc1)c1ccco1. The van der Waals surface area contributed by atoms with E-state index in [0.29, 0.717) is 10.8 Å². The van der Waals surface area contributed by atoms with Gasteiger partial charge in [0.1, 0.15) is 5.15 Å². The summed E-state index contributed by atoms with van der Waals surface area (Å²) in [4.78, 5) is 15.5. The van der Waals surface area contributed by atoms with Gasteiger partial charge in [0.2, 0.25) is 0 Å². The third-order valence-electron chi connectivity index (χ3n) is 1.96. The highest BCUT2D eigenvalue weighted by atomic mass is 35.5. The number of carbonyl (C=O) groups is 1. The van der Waals surface area contributed by atoms with Gasteiger partial charge in [0.05, 0.1) is 18.1 Å². The van der Waals surface area contributed by atoms with Crippen molar-refractivity contribution in [3.63, 3.8) is 0 Å². The Morgan fingerprint density at radius 1 is 1.39 bits per heavy atom. The lowest BCUT2D eigenvalue weighted by atomic mass is 10.4. The average molecular weight is 282 g/mol. The first-order valence-electron chi connectivity index (χ1n) is 4.92. The van der Waals surface area contributed by atoms with Gasteiger partial charge in [-0.05, 0) is 36.5 Å². The number of nitrogens with one attached hydrogen (secondary N) is 2. The number of hydrogen-bond donors (Lipinski definition) is 2. The van der Waals surface area contributed by atoms with Crippen molar-refractivity contribution in [1.82, 2.24) is 10.3 Å². The van der Waals surface area contributed by atoms with E-state index in [9.17, 15) is 4.79 Å². The van der Waals surface area contributed by atoms with Crippen molar-refractivity contribution in [1.29, 1.82) is 0 Å². The minimum absolute atomic E-state index is 0.153. The van der Waals surface area contributed by atoms with Gasteiger partial charge in [0.15, 0.2) is 10.9 Å². The third kappa shape index (κ3) is 3.28. The first kappa shape index (κ1) is 12.5. The van der Waals surface area contributed by atoms with Gasteiger partial charge in [-0.2, -0.15) is 0 Å². The quantitative estimate of drug-likeness (QED) is 0.654. The molecule has 2 aromatic rings. The molecule has 1 amide bonds. The number of furan rings is 1. The third-order valence-corrected chi connectivity index (χ3v) is 2.38. The van der Waals surface area contributed by atoms with E-state index in [2.05, 4.69) is 15.6 Å². The minimum atomic E-state index is -0.417. The number of hydrogen-bond acceptors (Lipinski definition) is 4. The predicted molar refractivity (Wildman–Crippen MR) is 71.6 cm³/mol. The maximum Gasteiger partial charge on any atom is 0.293 e. The number of nitrogens with zero attached hydrogens (tertiary/aromatic N) is 1. The van der Waals surface area contributed by atoms with Crippen LogP contribution in [0.5, 0.6) is 0 Å². The summed E-state index contributed by atoms with van der Waals surface area (Å²) in [5.74, 6) is -0.229. The Morgan fingerprint density at radius 3 is 2.83 bits per heavy atom. The number of rotatable bonds is 2. The molecule has 0 aliphatic carbocycles. The van der Waals surface area contributed by atoms with E-state index in [1.165, 1.54) is 12.5 Å². The zero-order valence-corrected chi connectivity index (χ0v) is 10.6. The number of thiocarbonyl (C=S) groups is 1. The van der Waals surface area contributed by atoms with Crippen LogP contribution in [0.1, 0.15) is 10.6 Å². The normalized spacial score (nSPS) is 9.83. The van der Waals surface area contributed by atoms with Crippen LogP contribution in [-0.2, 0) is 0 Å². The molecule has 92 valence electrons. The maximum absolute atomic E-state index is 11.6. The molecule has 18 heavy (non-hydrogen) atoms. The first-order valence-corrected chi connectivity index (χ1v) is 5.71. The van der Waals surface area contributed by atoms with Crippen LogP contribution in [0.4, 0.5) is 5.69 Å². The monoisotopic (exact) mass is 281 g/mol. The molecular formula is C11H8ClN3O2S. The second-order valence-corrected chi connectivity index (χ2v) is 4.05. The van der Waals surface area contributed by atoms with Crippen molar-refractivity contribution >= 4 is 40.5 Å². The second-order valence-electron chi connectivity index (χ2n) is 3.26. The fraction of sp³-hybridized carbons (Fsp3) is 0. The van der Waals surface area contributed by atoms with E-state index < -0.39 is 5.91 Å². The van der Waals surface area contributed by atoms with Crippen molar-refractivity contribution in [2.24, 2.45) is 0 Å². The summed E-state index contributed by atoms with van der Waals surface area (Å²) >= 11 is 10.6. The van der Waals surface area contributed by atoms with Crippen LogP contribution in [0.25, 0.3) is 0 Å². The molecule has 0 aromatic carbocycles. The summed E-state index contributed by atoms with van der Waals surface area (Å²) < 4.78 is 4.93. The number of aromatic nitrogens is 1. The molecule has 0 aliphatic heterocycles. The van der Waals surface area contributed by atoms with Gasteiger partial charge < -0.3 is 9.73 Å². The molecule has 0 saturated carbocycles. The Kier molecular flexibility index (Phi) is 3.91. The van der Waals surface area contributed by atoms with E-state index in [1.54, 1.807) is 24.3 Å². The molecule has 0 saturated heterocycles. The molecule has 0 radical (unpaired) electrons. The number of halogens is 1. The van der Waals surface area contributed by atoms with Gasteiger partial charge in [-0.3, -0.25) is 10.1 Å². The molecule has 7 heteroatoms. The Bertz CT molecular complexity index is 554. The summed E-state index contributed by atoms with van der Waals surface area (Å²) in [5.41, 5.74) is 0.629. The fourth-order valence-electron chi connectivity index (χ4n) is 1.18. The van der Waals surface area contributed by atoms with Crippen LogP contribution in [0.15, 0.2) is 41.1 Å². The maximum atomic E-state index is 11.6. The van der Waals surface area contributed by atoms with Gasteiger partial charge in [-0.15, -0.1) is 0 Å². The van der Waals surface area contributed by atoms with Gasteiger partial charge >= 0.3 is 0 Å². The number of amides is 1. The summed E-state index contributed by atoms with van der Waals surface area (Å²) in [6.45, 7) is 0. The van der Waals surface area contributed by atoms with E-state index in [-0.39, 0.29) is 10.9 Å². The Labute approximate surface area is 113 Å². The van der Waals surface area contributed by atoms with Crippen molar-refractivity contribution < 1.29 is 9.21 Å². The largest absolute Gasteiger partial charge is 0.459 e. The molecule has 0 spiro atoms. The van der Waals surface area contributed by atoms with Crippen LogP contribution in [0, 0.1) is 0 Å². The molecule has 2 aromatic heterocycles. The smallest absolute Gasteiger partial charge is 0.293 e. The Balaban J connectivity index is 1.93. The fourth-order valence-corrected chi connectivity index (χ4v) is 1.51. The van der Waals surface area contributed by atoms with Crippen LogP contribution < -0.4 is 10.6 Å². The second kappa shape index (κ2) is 5.61. The molecule has 0 bridgehead atoms. The minimum Gasteiger partial charge on any atom is -0.459 e. The first-order chi connectivity index (χ1) is 8.65. The molecule has 0 atom stereocenters. The molecule has 2 N–H and O–H groups in total. The molecule has 0 aliphatic rings. The highest BCUT2D eigenvalue weighted by Gasteiger charge is 2.10. The van der Waals surface area contributed by atoms with Crippen molar-refractivity contribution in [3.8, 4) is 0 Å². The summed E-state index contributed by atoms with van der Waals surface area (Å²) in [5, 5.41) is 5.80. The van der Waals surface area contributed by atoms with Gasteiger partial charge in [0.25, 0.3) is 5.91 Å². The molecular weight excluding hydrogens is 274 g/mol. The zero-order chi connectivity index (χ0) is 13.0. The highest BCUT2D eigenvalue weighted by molar-refractivity contribution is 7.80. The Morgan fingerprint density at radius 2 is 2.22 bits per heavy atom. The van der Waals surface area contributed by atoms with Crippen LogP contribution in [0.3, 0.4) is 0 Å². The number of pyridine rings is 1. The zero-order valence-electron chi connectivity index (χ0n) is 9.01. The van der Waals surface area contributed by atoms with E-state index in [0.717, 1.165) is 0 Å². The van der Waals surface area contributed by atoms with Gasteiger partial charge in [-0.1, -0.05) is 11.6 Å².